The molecule has 0 aliphatic heterocycles. The van der Waals surface area contributed by atoms with Crippen LogP contribution in [0.4, 0.5) is 0 Å². The van der Waals surface area contributed by atoms with Crippen LogP contribution in [0.15, 0.2) is 0 Å². The highest BCUT2D eigenvalue weighted by Gasteiger charge is 2.20. The fourth-order valence-corrected chi connectivity index (χ4v) is 3.01. The summed E-state index contributed by atoms with van der Waals surface area (Å²) in [5, 5.41) is 0. The Morgan fingerprint density at radius 3 is 1.40 bits per heavy atom. The van der Waals surface area contributed by atoms with E-state index < -0.39 is 0 Å². The molecule has 0 heterocycles. The lowest BCUT2D eigenvalue weighted by Gasteiger charge is -2.33. The number of unbranched alkanes of at least 4 members (excludes halogenated alkanes) is 9. The number of hydrogen-bond acceptors (Lipinski definition) is 1. The van der Waals surface area contributed by atoms with Gasteiger partial charge in [-0.25, -0.2) is 0 Å². The molecule has 0 aromatic carbocycles. The van der Waals surface area contributed by atoms with Crippen molar-refractivity contribution in [3.05, 3.63) is 0 Å². The van der Waals surface area contributed by atoms with Gasteiger partial charge in [0.05, 0.1) is 27.2 Å². The maximum absolute atomic E-state index is 2.34. The van der Waals surface area contributed by atoms with E-state index in [9.17, 15) is 0 Å². The molecule has 0 aliphatic rings. The van der Waals surface area contributed by atoms with Gasteiger partial charge in [0, 0.05) is 0 Å². The van der Waals surface area contributed by atoms with E-state index in [4.69, 9.17) is 0 Å². The van der Waals surface area contributed by atoms with Crippen LogP contribution in [0.25, 0.3) is 0 Å². The van der Waals surface area contributed by atoms with Crippen LogP contribution in [0.2, 0.25) is 0 Å². The Bertz CT molecular complexity index is 186. The molecule has 0 aromatic heterocycles. The molecular weight excluding hydrogens is 246 g/mol. The van der Waals surface area contributed by atoms with Crippen LogP contribution >= 0.6 is 0 Å². The van der Waals surface area contributed by atoms with E-state index in [-0.39, 0.29) is 5.48 Å². The third-order valence-corrected chi connectivity index (χ3v) is 4.46. The molecule has 124 valence electrons. The number of rotatable bonds is 13. The van der Waals surface area contributed by atoms with Crippen LogP contribution in [0.1, 0.15) is 90.9 Å². The lowest BCUT2D eigenvalue weighted by molar-refractivity contribution is -0.896. The molecular formula is C18H41NO. The zero-order valence-electron chi connectivity index (χ0n) is 15.0. The van der Waals surface area contributed by atoms with Gasteiger partial charge in [-0.05, 0) is 19.3 Å². The Morgan fingerprint density at radius 1 is 0.650 bits per heavy atom. The highest BCUT2D eigenvalue weighted by atomic mass is 16.0. The summed E-state index contributed by atoms with van der Waals surface area (Å²) in [5.74, 6) is 0. The van der Waals surface area contributed by atoms with Crippen LogP contribution in [0.3, 0.4) is 0 Å². The van der Waals surface area contributed by atoms with Gasteiger partial charge in [0.2, 0.25) is 0 Å². The van der Waals surface area contributed by atoms with Crippen LogP contribution in [0, 0.1) is 0 Å². The van der Waals surface area contributed by atoms with Crippen molar-refractivity contribution >= 4 is 0 Å². The quantitative estimate of drug-likeness (QED) is 0.320. The van der Waals surface area contributed by atoms with Gasteiger partial charge in [-0.1, -0.05) is 71.6 Å². The lowest BCUT2D eigenvalue weighted by atomic mass is 10.0. The SMILES string of the molecule is CCCCCCCCCCCCC(CC)[N+](C)(C)C.[OH-]. The third kappa shape index (κ3) is 12.9. The molecule has 0 fully saturated rings. The van der Waals surface area contributed by atoms with Gasteiger partial charge < -0.3 is 9.96 Å². The van der Waals surface area contributed by atoms with Crippen LogP contribution in [-0.2, 0) is 0 Å². The molecule has 0 radical (unpaired) electrons. The molecule has 0 saturated heterocycles. The number of nitrogens with zero attached hydrogens (tertiary/aromatic N) is 1. The molecule has 0 bridgehead atoms. The number of quaternary nitrogens is 1. The van der Waals surface area contributed by atoms with E-state index in [2.05, 4.69) is 35.0 Å². The predicted octanol–water partition coefficient (Wildman–Crippen LogP) is 5.61. The molecule has 1 atom stereocenters. The average molecular weight is 288 g/mol. The van der Waals surface area contributed by atoms with Gasteiger partial charge in [0.1, 0.15) is 0 Å². The number of hydrogen-bond donors (Lipinski definition) is 0. The van der Waals surface area contributed by atoms with E-state index in [0.29, 0.717) is 0 Å². The van der Waals surface area contributed by atoms with Gasteiger partial charge in [-0.2, -0.15) is 0 Å². The normalized spacial score (nSPS) is 13.1. The first-order valence-corrected chi connectivity index (χ1v) is 8.83. The zero-order chi connectivity index (χ0) is 14.6. The third-order valence-electron chi connectivity index (χ3n) is 4.46. The second-order valence-electron chi connectivity index (χ2n) is 7.15. The van der Waals surface area contributed by atoms with E-state index in [1.54, 1.807) is 0 Å². The monoisotopic (exact) mass is 287 g/mol. The predicted molar refractivity (Wildman–Crippen MR) is 90.5 cm³/mol. The zero-order valence-corrected chi connectivity index (χ0v) is 15.0. The van der Waals surface area contributed by atoms with E-state index >= 15 is 0 Å². The summed E-state index contributed by atoms with van der Waals surface area (Å²) in [4.78, 5) is 0. The van der Waals surface area contributed by atoms with Crippen molar-refractivity contribution in [3.63, 3.8) is 0 Å². The first-order valence-electron chi connectivity index (χ1n) is 8.83. The molecule has 0 aliphatic carbocycles. The average Bonchev–Trinajstić information content (AvgIpc) is 2.34. The van der Waals surface area contributed by atoms with Gasteiger partial charge in [0.25, 0.3) is 0 Å². The minimum Gasteiger partial charge on any atom is -0.870 e. The molecule has 2 heteroatoms. The molecule has 0 aromatic rings. The van der Waals surface area contributed by atoms with Crippen molar-refractivity contribution in [3.8, 4) is 0 Å². The lowest BCUT2D eigenvalue weighted by Crippen LogP contribution is -2.44. The maximum atomic E-state index is 2.34. The van der Waals surface area contributed by atoms with Crippen molar-refractivity contribution < 1.29 is 9.96 Å². The fraction of sp³-hybridized carbons (Fsp3) is 1.00. The van der Waals surface area contributed by atoms with Crippen molar-refractivity contribution in [1.82, 2.24) is 0 Å². The summed E-state index contributed by atoms with van der Waals surface area (Å²) >= 11 is 0. The molecule has 0 spiro atoms. The van der Waals surface area contributed by atoms with Gasteiger partial charge in [0.15, 0.2) is 0 Å². The minimum atomic E-state index is 0. The highest BCUT2D eigenvalue weighted by molar-refractivity contribution is 4.56. The fourth-order valence-electron chi connectivity index (χ4n) is 3.01. The second-order valence-corrected chi connectivity index (χ2v) is 7.15. The minimum absolute atomic E-state index is 0. The molecule has 1 unspecified atom stereocenters. The van der Waals surface area contributed by atoms with Gasteiger partial charge in [-0.3, -0.25) is 0 Å². The summed E-state index contributed by atoms with van der Waals surface area (Å²) in [7, 11) is 7.01. The Labute approximate surface area is 128 Å². The molecule has 0 rings (SSSR count). The van der Waals surface area contributed by atoms with E-state index in [1.165, 1.54) is 77.0 Å². The van der Waals surface area contributed by atoms with Gasteiger partial charge in [-0.15, -0.1) is 0 Å². The topological polar surface area (TPSA) is 30.0 Å². The Balaban J connectivity index is 0. The van der Waals surface area contributed by atoms with Crippen molar-refractivity contribution in [2.45, 2.75) is 96.9 Å². The molecule has 20 heavy (non-hydrogen) atoms. The van der Waals surface area contributed by atoms with Crippen molar-refractivity contribution in [2.24, 2.45) is 0 Å². The van der Waals surface area contributed by atoms with E-state index in [1.807, 2.05) is 0 Å². The standard InChI is InChI=1S/C18H40N.H2O/c1-6-8-9-10-11-12-13-14-15-16-17-18(7-2)19(3,4)5;/h18H,6-17H2,1-5H3;1H2/q+1;/p-1. The molecule has 0 saturated carbocycles. The first kappa shape index (κ1) is 22.2. The summed E-state index contributed by atoms with van der Waals surface area (Å²) in [6.45, 7) is 4.63. The molecule has 0 amide bonds. The first-order chi connectivity index (χ1) is 9.02. The largest absolute Gasteiger partial charge is 0.870 e. The Kier molecular flexibility index (Phi) is 15.4. The summed E-state index contributed by atoms with van der Waals surface area (Å²) < 4.78 is 1.13. The summed E-state index contributed by atoms with van der Waals surface area (Å²) in [6, 6.07) is 0.856. The smallest absolute Gasteiger partial charge is 0.0881 e. The summed E-state index contributed by atoms with van der Waals surface area (Å²) in [6.07, 6.45) is 17.2. The van der Waals surface area contributed by atoms with Crippen LogP contribution < -0.4 is 0 Å². The second kappa shape index (κ2) is 13.9. The van der Waals surface area contributed by atoms with Crippen LogP contribution in [-0.4, -0.2) is 37.1 Å². The summed E-state index contributed by atoms with van der Waals surface area (Å²) in [5.41, 5.74) is 0. The Morgan fingerprint density at radius 2 is 1.05 bits per heavy atom. The molecule has 2 nitrogen and oxygen atoms in total. The maximum Gasteiger partial charge on any atom is 0.0881 e. The van der Waals surface area contributed by atoms with Crippen molar-refractivity contribution in [1.29, 1.82) is 0 Å². The Hall–Kier alpha value is -0.0800. The van der Waals surface area contributed by atoms with Crippen LogP contribution in [0.5, 0.6) is 0 Å². The van der Waals surface area contributed by atoms with E-state index in [0.717, 1.165) is 10.5 Å². The van der Waals surface area contributed by atoms with Crippen molar-refractivity contribution in [2.75, 3.05) is 21.1 Å². The van der Waals surface area contributed by atoms with Gasteiger partial charge >= 0.3 is 0 Å². The highest BCUT2D eigenvalue weighted by Crippen LogP contribution is 2.17. The molecule has 1 N–H and O–H groups in total.